The molecule has 0 radical (unpaired) electrons. The van der Waals surface area contributed by atoms with E-state index in [-0.39, 0.29) is 5.75 Å². The Morgan fingerprint density at radius 2 is 1.43 bits per heavy atom. The minimum Gasteiger partial charge on any atom is -0.203 e. The topological polar surface area (TPSA) is 0 Å². The van der Waals surface area contributed by atoms with E-state index in [9.17, 15) is 17.6 Å². The minimum atomic E-state index is -1.38. The van der Waals surface area contributed by atoms with Gasteiger partial charge in [0.2, 0.25) is 0 Å². The zero-order valence-corrected chi connectivity index (χ0v) is 8.58. The molecule has 0 heterocycles. The van der Waals surface area contributed by atoms with Crippen LogP contribution in [0.25, 0.3) is 0 Å². The first-order chi connectivity index (χ1) is 6.50. The van der Waals surface area contributed by atoms with Crippen LogP contribution in [0.3, 0.4) is 0 Å². The molecular formula is C8H5ClF4S. The van der Waals surface area contributed by atoms with E-state index < -0.39 is 34.4 Å². The van der Waals surface area contributed by atoms with Gasteiger partial charge in [-0.3, -0.25) is 0 Å². The van der Waals surface area contributed by atoms with Crippen LogP contribution >= 0.6 is 21.7 Å². The second-order valence-corrected chi connectivity index (χ2v) is 3.77. The molecule has 0 amide bonds. The molecule has 0 aliphatic carbocycles. The molecular weight excluding hydrogens is 240 g/mol. The first kappa shape index (κ1) is 11.7. The molecule has 0 fully saturated rings. The monoisotopic (exact) mass is 244 g/mol. The smallest absolute Gasteiger partial charge is 0.166 e. The summed E-state index contributed by atoms with van der Waals surface area (Å²) in [6.45, 7) is 0.967. The van der Waals surface area contributed by atoms with Gasteiger partial charge < -0.3 is 0 Å². The van der Waals surface area contributed by atoms with Gasteiger partial charge in [-0.1, -0.05) is 11.0 Å². The predicted molar refractivity (Wildman–Crippen MR) is 48.2 cm³/mol. The van der Waals surface area contributed by atoms with Crippen LogP contribution in [0.1, 0.15) is 11.1 Å². The van der Waals surface area contributed by atoms with Gasteiger partial charge in [0.15, 0.2) is 23.3 Å². The first-order valence-electron chi connectivity index (χ1n) is 3.55. The van der Waals surface area contributed by atoms with Crippen molar-refractivity contribution in [2.45, 2.75) is 12.7 Å². The summed E-state index contributed by atoms with van der Waals surface area (Å²) in [5.41, 5.74) is -1.34. The van der Waals surface area contributed by atoms with Gasteiger partial charge in [0.25, 0.3) is 0 Å². The fourth-order valence-electron chi connectivity index (χ4n) is 0.968. The van der Waals surface area contributed by atoms with E-state index in [1.807, 2.05) is 0 Å². The SMILES string of the molecule is Cc1c(F)c(F)c(CSCl)c(F)c1F. The molecule has 0 unspecified atom stereocenters. The zero-order chi connectivity index (χ0) is 10.9. The molecule has 14 heavy (non-hydrogen) atoms. The summed E-state index contributed by atoms with van der Waals surface area (Å²) >= 11 is 0. The van der Waals surface area contributed by atoms with E-state index in [2.05, 4.69) is 0 Å². The van der Waals surface area contributed by atoms with Crippen molar-refractivity contribution in [3.63, 3.8) is 0 Å². The molecule has 0 saturated carbocycles. The normalized spacial score (nSPS) is 10.7. The van der Waals surface area contributed by atoms with E-state index in [0.717, 1.165) is 6.92 Å². The Balaban J connectivity index is 3.43. The molecule has 0 bridgehead atoms. The average molecular weight is 245 g/mol. The van der Waals surface area contributed by atoms with Crippen LogP contribution < -0.4 is 0 Å². The van der Waals surface area contributed by atoms with Gasteiger partial charge in [0, 0.05) is 16.9 Å². The van der Waals surface area contributed by atoms with Crippen LogP contribution in [0.15, 0.2) is 0 Å². The second kappa shape index (κ2) is 4.40. The van der Waals surface area contributed by atoms with Crippen LogP contribution in [0, 0.1) is 30.2 Å². The summed E-state index contributed by atoms with van der Waals surface area (Å²) in [6, 6.07) is 0. The lowest BCUT2D eigenvalue weighted by Gasteiger charge is -2.07. The third kappa shape index (κ3) is 1.83. The molecule has 0 aliphatic rings. The van der Waals surface area contributed by atoms with Crippen LogP contribution in [0.4, 0.5) is 17.6 Å². The average Bonchev–Trinajstić information content (AvgIpc) is 2.19. The van der Waals surface area contributed by atoms with E-state index in [1.165, 1.54) is 0 Å². The maximum absolute atomic E-state index is 13.0. The highest BCUT2D eigenvalue weighted by molar-refractivity contribution is 8.20. The lowest BCUT2D eigenvalue weighted by molar-refractivity contribution is 0.436. The lowest BCUT2D eigenvalue weighted by atomic mass is 10.1. The summed E-state index contributed by atoms with van der Waals surface area (Å²) in [6.07, 6.45) is 0. The Morgan fingerprint density at radius 3 is 1.79 bits per heavy atom. The molecule has 1 aromatic carbocycles. The Labute approximate surface area is 86.8 Å². The van der Waals surface area contributed by atoms with Gasteiger partial charge in [0.05, 0.1) is 0 Å². The summed E-state index contributed by atoms with van der Waals surface area (Å²) < 4.78 is 51.9. The molecule has 0 spiro atoms. The van der Waals surface area contributed by atoms with Crippen LogP contribution in [-0.4, -0.2) is 0 Å². The zero-order valence-electron chi connectivity index (χ0n) is 7.01. The third-order valence-corrected chi connectivity index (χ3v) is 2.50. The van der Waals surface area contributed by atoms with Crippen molar-refractivity contribution in [1.82, 2.24) is 0 Å². The summed E-state index contributed by atoms with van der Waals surface area (Å²) in [5, 5.41) is 0. The maximum Gasteiger partial charge on any atom is 0.166 e. The summed E-state index contributed by atoms with van der Waals surface area (Å²) in [4.78, 5) is 0. The number of hydrogen-bond acceptors (Lipinski definition) is 1. The molecule has 0 atom stereocenters. The van der Waals surface area contributed by atoms with E-state index in [4.69, 9.17) is 10.7 Å². The fraction of sp³-hybridized carbons (Fsp3) is 0.250. The largest absolute Gasteiger partial charge is 0.203 e. The Bertz CT molecular complexity index is 338. The molecule has 0 aromatic heterocycles. The van der Waals surface area contributed by atoms with Gasteiger partial charge in [0.1, 0.15) is 0 Å². The lowest BCUT2D eigenvalue weighted by Crippen LogP contribution is -2.04. The number of benzene rings is 1. The minimum absolute atomic E-state index is 0.326. The second-order valence-electron chi connectivity index (χ2n) is 2.61. The van der Waals surface area contributed by atoms with E-state index >= 15 is 0 Å². The number of hydrogen-bond donors (Lipinski definition) is 0. The van der Waals surface area contributed by atoms with Crippen LogP contribution in [0.5, 0.6) is 0 Å². The van der Waals surface area contributed by atoms with Crippen molar-refractivity contribution in [3.05, 3.63) is 34.4 Å². The molecule has 1 rings (SSSR count). The number of rotatable bonds is 2. The Morgan fingerprint density at radius 1 is 1.00 bits per heavy atom. The summed E-state index contributed by atoms with van der Waals surface area (Å²) in [5.74, 6) is -5.83. The first-order valence-corrected chi connectivity index (χ1v) is 5.36. The summed E-state index contributed by atoms with van der Waals surface area (Å²) in [7, 11) is 5.73. The van der Waals surface area contributed by atoms with Gasteiger partial charge in [-0.2, -0.15) is 0 Å². The Hall–Kier alpha value is -0.420. The maximum atomic E-state index is 13.0. The predicted octanol–water partition coefficient (Wildman–Crippen LogP) is 3.94. The third-order valence-electron chi connectivity index (χ3n) is 1.77. The van der Waals surface area contributed by atoms with Gasteiger partial charge in [-0.25, -0.2) is 17.6 Å². The number of halogens is 5. The Kier molecular flexibility index (Phi) is 3.66. The molecule has 6 heteroatoms. The van der Waals surface area contributed by atoms with Crippen molar-refractivity contribution in [2.75, 3.05) is 0 Å². The molecule has 0 aliphatic heterocycles. The highest BCUT2D eigenvalue weighted by Crippen LogP contribution is 2.27. The highest BCUT2D eigenvalue weighted by atomic mass is 35.7. The van der Waals surface area contributed by atoms with Crippen molar-refractivity contribution >= 4 is 21.7 Å². The van der Waals surface area contributed by atoms with Crippen molar-refractivity contribution in [2.24, 2.45) is 0 Å². The van der Waals surface area contributed by atoms with E-state index in [0.29, 0.717) is 11.0 Å². The quantitative estimate of drug-likeness (QED) is 0.561. The molecule has 0 nitrogen and oxygen atoms in total. The fourth-order valence-corrected chi connectivity index (χ4v) is 1.66. The van der Waals surface area contributed by atoms with Gasteiger partial charge in [-0.15, -0.1) is 0 Å². The standard InChI is InChI=1S/C8H5ClF4S/c1-3-5(10)7(12)4(2-14-9)8(13)6(3)11/h2H2,1H3. The van der Waals surface area contributed by atoms with Crippen LogP contribution in [-0.2, 0) is 5.75 Å². The van der Waals surface area contributed by atoms with Crippen molar-refractivity contribution < 1.29 is 17.6 Å². The van der Waals surface area contributed by atoms with Crippen LogP contribution in [0.2, 0.25) is 0 Å². The molecule has 78 valence electrons. The van der Waals surface area contributed by atoms with Crippen molar-refractivity contribution in [3.8, 4) is 0 Å². The molecule has 0 saturated heterocycles. The van der Waals surface area contributed by atoms with E-state index in [1.54, 1.807) is 0 Å². The van der Waals surface area contributed by atoms with Gasteiger partial charge >= 0.3 is 0 Å². The van der Waals surface area contributed by atoms with Crippen molar-refractivity contribution in [1.29, 1.82) is 0 Å². The highest BCUT2D eigenvalue weighted by Gasteiger charge is 2.22. The molecule has 1 aromatic rings. The molecule has 0 N–H and O–H groups in total. The van der Waals surface area contributed by atoms with Gasteiger partial charge in [-0.05, 0) is 17.6 Å².